The van der Waals surface area contributed by atoms with Crippen molar-refractivity contribution in [2.24, 2.45) is 0 Å². The van der Waals surface area contributed by atoms with Crippen LogP contribution in [-0.2, 0) is 11.3 Å². The van der Waals surface area contributed by atoms with Gasteiger partial charge in [-0.25, -0.2) is 9.67 Å². The van der Waals surface area contributed by atoms with Gasteiger partial charge in [-0.1, -0.05) is 26.0 Å². The van der Waals surface area contributed by atoms with E-state index >= 15 is 0 Å². The third kappa shape index (κ3) is 4.05. The summed E-state index contributed by atoms with van der Waals surface area (Å²) in [7, 11) is 0. The molecule has 21 heavy (non-hydrogen) atoms. The molecule has 6 nitrogen and oxygen atoms in total. The summed E-state index contributed by atoms with van der Waals surface area (Å²) in [5.74, 6) is 0.519. The summed E-state index contributed by atoms with van der Waals surface area (Å²) in [5.41, 5.74) is 7.25. The Balaban J connectivity index is 2.02. The zero-order valence-electron chi connectivity index (χ0n) is 12.4. The molecule has 0 saturated carbocycles. The molecule has 2 rings (SSSR count). The maximum Gasteiger partial charge on any atom is 0.242 e. The molecule has 1 amide bonds. The highest BCUT2D eigenvalue weighted by molar-refractivity contribution is 5.76. The zero-order valence-corrected chi connectivity index (χ0v) is 12.4. The number of carbonyl (C=O) groups excluding carboxylic acids is 1. The van der Waals surface area contributed by atoms with Gasteiger partial charge in [0.05, 0.1) is 0 Å². The van der Waals surface area contributed by atoms with Crippen molar-refractivity contribution in [1.29, 1.82) is 0 Å². The number of amides is 1. The van der Waals surface area contributed by atoms with Gasteiger partial charge in [0, 0.05) is 17.3 Å². The lowest BCUT2D eigenvalue weighted by Gasteiger charge is -2.14. The van der Waals surface area contributed by atoms with Crippen molar-refractivity contribution in [1.82, 2.24) is 20.1 Å². The lowest BCUT2D eigenvalue weighted by atomic mass is 10.2. The molecule has 112 valence electrons. The number of hydrogen-bond donors (Lipinski definition) is 2. The Hall–Kier alpha value is -2.37. The topological polar surface area (TPSA) is 85.8 Å². The molecule has 0 saturated heterocycles. The van der Waals surface area contributed by atoms with E-state index in [9.17, 15) is 4.79 Å². The van der Waals surface area contributed by atoms with Gasteiger partial charge < -0.3 is 11.1 Å². The number of anilines is 1. The van der Waals surface area contributed by atoms with Crippen molar-refractivity contribution in [3.05, 3.63) is 30.6 Å². The predicted molar refractivity (Wildman–Crippen MR) is 82.4 cm³/mol. The molecular formula is C15H21N5O. The van der Waals surface area contributed by atoms with Crippen LogP contribution in [0.5, 0.6) is 0 Å². The fraction of sp³-hybridized carbons (Fsp3) is 0.400. The lowest BCUT2D eigenvalue weighted by molar-refractivity contribution is -0.122. The number of rotatable bonds is 6. The predicted octanol–water partition coefficient (Wildman–Crippen LogP) is 1.83. The first-order valence-corrected chi connectivity index (χ1v) is 7.17. The van der Waals surface area contributed by atoms with Gasteiger partial charge in [-0.05, 0) is 25.0 Å². The quantitative estimate of drug-likeness (QED) is 0.794. The van der Waals surface area contributed by atoms with Crippen molar-refractivity contribution in [3.8, 4) is 11.4 Å². The minimum absolute atomic E-state index is 0.0484. The standard InChI is InChI=1S/C15H21N5O/c1-3-13(4-2)18-14(21)9-20-10-17-15(19-20)11-6-5-7-12(16)8-11/h5-8,10,13H,3-4,9,16H2,1-2H3,(H,18,21). The van der Waals surface area contributed by atoms with Crippen LogP contribution in [0.15, 0.2) is 30.6 Å². The number of aromatic nitrogens is 3. The smallest absolute Gasteiger partial charge is 0.242 e. The highest BCUT2D eigenvalue weighted by atomic mass is 16.2. The first-order valence-electron chi connectivity index (χ1n) is 7.17. The molecule has 3 N–H and O–H groups in total. The molecule has 0 unspecified atom stereocenters. The van der Waals surface area contributed by atoms with Gasteiger partial charge in [0.15, 0.2) is 5.82 Å². The van der Waals surface area contributed by atoms with Gasteiger partial charge >= 0.3 is 0 Å². The number of nitrogens with one attached hydrogen (secondary N) is 1. The third-order valence-electron chi connectivity index (χ3n) is 3.34. The average Bonchev–Trinajstić information content (AvgIpc) is 2.93. The fourth-order valence-corrected chi connectivity index (χ4v) is 2.09. The van der Waals surface area contributed by atoms with E-state index in [1.165, 1.54) is 4.68 Å². The van der Waals surface area contributed by atoms with Gasteiger partial charge in [0.2, 0.25) is 5.91 Å². The second kappa shape index (κ2) is 6.88. The maximum atomic E-state index is 11.9. The van der Waals surface area contributed by atoms with E-state index in [4.69, 9.17) is 5.73 Å². The molecule has 1 heterocycles. The molecule has 1 aromatic heterocycles. The van der Waals surface area contributed by atoms with E-state index in [2.05, 4.69) is 29.2 Å². The van der Waals surface area contributed by atoms with Crippen molar-refractivity contribution in [2.75, 3.05) is 5.73 Å². The molecule has 0 aliphatic carbocycles. The number of nitrogens with two attached hydrogens (primary N) is 1. The third-order valence-corrected chi connectivity index (χ3v) is 3.34. The number of nitrogens with zero attached hydrogens (tertiary/aromatic N) is 3. The summed E-state index contributed by atoms with van der Waals surface area (Å²) in [6.07, 6.45) is 3.41. The minimum atomic E-state index is -0.0484. The van der Waals surface area contributed by atoms with E-state index in [1.807, 2.05) is 24.3 Å². The minimum Gasteiger partial charge on any atom is -0.399 e. The molecule has 2 aromatic rings. The Kier molecular flexibility index (Phi) is 4.92. The number of hydrogen-bond acceptors (Lipinski definition) is 4. The second-order valence-electron chi connectivity index (χ2n) is 4.97. The molecule has 0 aliphatic rings. The molecule has 1 aromatic carbocycles. The number of nitrogen functional groups attached to an aromatic ring is 1. The Morgan fingerprint density at radius 2 is 2.14 bits per heavy atom. The van der Waals surface area contributed by atoms with Crippen molar-refractivity contribution >= 4 is 11.6 Å². The second-order valence-corrected chi connectivity index (χ2v) is 4.97. The highest BCUT2D eigenvalue weighted by Gasteiger charge is 2.11. The van der Waals surface area contributed by atoms with Gasteiger partial charge in [-0.2, -0.15) is 5.10 Å². The van der Waals surface area contributed by atoms with E-state index in [0.29, 0.717) is 11.5 Å². The summed E-state index contributed by atoms with van der Waals surface area (Å²) in [5, 5.41) is 7.29. The molecule has 0 fully saturated rings. The van der Waals surface area contributed by atoms with Gasteiger partial charge in [-0.3, -0.25) is 4.79 Å². The number of benzene rings is 1. The molecule has 0 aliphatic heterocycles. The SMILES string of the molecule is CCC(CC)NC(=O)Cn1cnc(-c2cccc(N)c2)n1. The van der Waals surface area contributed by atoms with Crippen molar-refractivity contribution in [3.63, 3.8) is 0 Å². The fourth-order valence-electron chi connectivity index (χ4n) is 2.09. The average molecular weight is 287 g/mol. The Bertz CT molecular complexity index is 604. The van der Waals surface area contributed by atoms with Crippen LogP contribution < -0.4 is 11.1 Å². The Morgan fingerprint density at radius 1 is 1.38 bits per heavy atom. The highest BCUT2D eigenvalue weighted by Crippen LogP contribution is 2.16. The van der Waals surface area contributed by atoms with Crippen LogP contribution in [0.3, 0.4) is 0 Å². The summed E-state index contributed by atoms with van der Waals surface area (Å²) in [6.45, 7) is 4.29. The van der Waals surface area contributed by atoms with E-state index in [0.717, 1.165) is 18.4 Å². The first-order chi connectivity index (χ1) is 10.1. The van der Waals surface area contributed by atoms with Gasteiger partial charge in [0.1, 0.15) is 12.9 Å². The van der Waals surface area contributed by atoms with E-state index in [-0.39, 0.29) is 18.5 Å². The normalized spacial score (nSPS) is 10.8. The van der Waals surface area contributed by atoms with Crippen LogP contribution in [0.1, 0.15) is 26.7 Å². The Morgan fingerprint density at radius 3 is 2.81 bits per heavy atom. The van der Waals surface area contributed by atoms with Crippen LogP contribution in [0.2, 0.25) is 0 Å². The largest absolute Gasteiger partial charge is 0.399 e. The lowest BCUT2D eigenvalue weighted by Crippen LogP contribution is -2.36. The van der Waals surface area contributed by atoms with Crippen LogP contribution in [-0.4, -0.2) is 26.7 Å². The van der Waals surface area contributed by atoms with Crippen molar-refractivity contribution < 1.29 is 4.79 Å². The molecule has 0 radical (unpaired) electrons. The molecule has 0 atom stereocenters. The monoisotopic (exact) mass is 287 g/mol. The van der Waals surface area contributed by atoms with Crippen molar-refractivity contribution in [2.45, 2.75) is 39.3 Å². The van der Waals surface area contributed by atoms with Crippen LogP contribution >= 0.6 is 0 Å². The van der Waals surface area contributed by atoms with Crippen LogP contribution in [0.25, 0.3) is 11.4 Å². The maximum absolute atomic E-state index is 11.9. The van der Waals surface area contributed by atoms with Crippen LogP contribution in [0, 0.1) is 0 Å². The molecule has 6 heteroatoms. The number of carbonyl (C=O) groups is 1. The van der Waals surface area contributed by atoms with E-state index < -0.39 is 0 Å². The van der Waals surface area contributed by atoms with Gasteiger partial charge in [-0.15, -0.1) is 0 Å². The summed E-state index contributed by atoms with van der Waals surface area (Å²) in [4.78, 5) is 16.1. The Labute approximate surface area is 124 Å². The van der Waals surface area contributed by atoms with E-state index in [1.54, 1.807) is 6.33 Å². The van der Waals surface area contributed by atoms with Crippen LogP contribution in [0.4, 0.5) is 5.69 Å². The zero-order chi connectivity index (χ0) is 15.2. The molecular weight excluding hydrogens is 266 g/mol. The first kappa shape index (κ1) is 15.0. The summed E-state index contributed by atoms with van der Waals surface area (Å²) in [6, 6.07) is 7.58. The summed E-state index contributed by atoms with van der Waals surface area (Å²) < 4.78 is 1.54. The molecule has 0 spiro atoms. The summed E-state index contributed by atoms with van der Waals surface area (Å²) >= 11 is 0. The molecule has 0 bridgehead atoms. The van der Waals surface area contributed by atoms with Gasteiger partial charge in [0.25, 0.3) is 0 Å².